The van der Waals surface area contributed by atoms with Crippen molar-refractivity contribution in [3.63, 3.8) is 0 Å². The van der Waals surface area contributed by atoms with Gasteiger partial charge in [0, 0.05) is 5.92 Å². The maximum absolute atomic E-state index is 11.9. The van der Waals surface area contributed by atoms with Crippen LogP contribution >= 0.6 is 0 Å². The highest BCUT2D eigenvalue weighted by atomic mass is 16.4. The highest BCUT2D eigenvalue weighted by Crippen LogP contribution is 2.37. The van der Waals surface area contributed by atoms with Crippen molar-refractivity contribution >= 4 is 11.9 Å². The lowest BCUT2D eigenvalue weighted by Gasteiger charge is -1.98. The number of rotatable bonds is 6. The molecule has 0 unspecified atom stereocenters. The van der Waals surface area contributed by atoms with Crippen molar-refractivity contribution in [1.82, 2.24) is 35.5 Å². The van der Waals surface area contributed by atoms with Gasteiger partial charge in [0.05, 0.1) is 12.7 Å². The van der Waals surface area contributed by atoms with Crippen molar-refractivity contribution < 1.29 is 14.7 Å². The molecule has 10 heteroatoms. The molecule has 10 nitrogen and oxygen atoms in total. The fraction of sp³-hybridized carbons (Fsp3) is 0.455. The second-order valence-electron chi connectivity index (χ2n) is 4.80. The molecule has 1 fully saturated rings. The van der Waals surface area contributed by atoms with Crippen LogP contribution in [0.3, 0.4) is 0 Å². The number of aromatic nitrogens is 6. The monoisotopic (exact) mass is 291 g/mol. The highest BCUT2D eigenvalue weighted by molar-refractivity contribution is 5.90. The maximum atomic E-state index is 11.9. The first-order valence-electron chi connectivity index (χ1n) is 6.43. The number of hydrogen-bond acceptors (Lipinski definition) is 6. The molecule has 0 saturated heterocycles. The molecule has 2 heterocycles. The van der Waals surface area contributed by atoms with E-state index in [1.807, 2.05) is 0 Å². The van der Waals surface area contributed by atoms with E-state index in [9.17, 15) is 9.59 Å². The van der Waals surface area contributed by atoms with Crippen LogP contribution in [0.1, 0.15) is 40.9 Å². The van der Waals surface area contributed by atoms with E-state index in [4.69, 9.17) is 5.11 Å². The van der Waals surface area contributed by atoms with Crippen molar-refractivity contribution in [3.05, 3.63) is 23.5 Å². The van der Waals surface area contributed by atoms with Crippen molar-refractivity contribution in [1.29, 1.82) is 0 Å². The van der Waals surface area contributed by atoms with Gasteiger partial charge in [-0.25, -0.2) is 9.67 Å². The summed E-state index contributed by atoms with van der Waals surface area (Å²) in [4.78, 5) is 26.5. The Labute approximate surface area is 118 Å². The fourth-order valence-corrected chi connectivity index (χ4v) is 1.80. The molecular weight excluding hydrogens is 278 g/mol. The summed E-state index contributed by atoms with van der Waals surface area (Å²) in [5.41, 5.74) is 0.461. The Bertz CT molecular complexity index is 673. The van der Waals surface area contributed by atoms with Crippen molar-refractivity contribution in [2.75, 3.05) is 0 Å². The lowest BCUT2D eigenvalue weighted by Crippen LogP contribution is -2.24. The molecule has 0 atom stereocenters. The Morgan fingerprint density at radius 2 is 2.29 bits per heavy atom. The molecule has 0 spiro atoms. The van der Waals surface area contributed by atoms with Gasteiger partial charge < -0.3 is 10.4 Å². The quantitative estimate of drug-likeness (QED) is 0.638. The molecule has 21 heavy (non-hydrogen) atoms. The van der Waals surface area contributed by atoms with Gasteiger partial charge in [-0.1, -0.05) is 5.21 Å². The number of carboxylic acids is 1. The first kappa shape index (κ1) is 13.2. The first-order valence-corrected chi connectivity index (χ1v) is 6.43. The molecule has 2 aromatic heterocycles. The number of nitrogens with one attached hydrogen (secondary N) is 2. The Hall–Kier alpha value is -2.78. The number of carbonyl (C=O) groups is 2. The maximum Gasteiger partial charge on any atom is 0.325 e. The van der Waals surface area contributed by atoms with Gasteiger partial charge in [0.2, 0.25) is 5.82 Å². The number of carboxylic acid groups (broad SMARTS) is 1. The molecule has 1 aliphatic rings. The average molecular weight is 291 g/mol. The van der Waals surface area contributed by atoms with Crippen molar-refractivity contribution in [2.45, 2.75) is 31.8 Å². The zero-order valence-corrected chi connectivity index (χ0v) is 11.0. The summed E-state index contributed by atoms with van der Waals surface area (Å²) < 4.78 is 1.18. The van der Waals surface area contributed by atoms with E-state index in [2.05, 4.69) is 30.8 Å². The van der Waals surface area contributed by atoms with Crippen molar-refractivity contribution in [2.24, 2.45) is 0 Å². The summed E-state index contributed by atoms with van der Waals surface area (Å²) in [6.45, 7) is -0.141. The second kappa shape index (κ2) is 5.31. The van der Waals surface area contributed by atoms with Crippen LogP contribution in [0.15, 0.2) is 6.20 Å². The van der Waals surface area contributed by atoms with Crippen LogP contribution < -0.4 is 5.32 Å². The summed E-state index contributed by atoms with van der Waals surface area (Å²) in [6.07, 6.45) is 3.61. The van der Waals surface area contributed by atoms with Gasteiger partial charge in [0.15, 0.2) is 0 Å². The summed E-state index contributed by atoms with van der Waals surface area (Å²) >= 11 is 0. The molecule has 2 aromatic rings. The number of H-pyrrole nitrogens is 1. The topological polar surface area (TPSA) is 139 Å². The fourth-order valence-electron chi connectivity index (χ4n) is 1.80. The molecule has 3 rings (SSSR count). The molecule has 3 N–H and O–H groups in total. The molecule has 0 aromatic carbocycles. The number of hydrogen-bond donors (Lipinski definition) is 3. The van der Waals surface area contributed by atoms with Crippen LogP contribution in [-0.4, -0.2) is 47.2 Å². The molecule has 110 valence electrons. The zero-order chi connectivity index (χ0) is 14.8. The lowest BCUT2D eigenvalue weighted by atomic mass is 10.4. The number of amides is 1. The smallest absolute Gasteiger partial charge is 0.325 e. The molecule has 0 bridgehead atoms. The Kier molecular flexibility index (Phi) is 3.34. The third kappa shape index (κ3) is 3.22. The molecule has 1 saturated carbocycles. The van der Waals surface area contributed by atoms with Crippen LogP contribution in [0.25, 0.3) is 0 Å². The van der Waals surface area contributed by atoms with Gasteiger partial charge in [0.1, 0.15) is 18.1 Å². The minimum Gasteiger partial charge on any atom is -0.480 e. The van der Waals surface area contributed by atoms with E-state index in [1.54, 1.807) is 0 Å². The predicted octanol–water partition coefficient (Wildman–Crippen LogP) is -0.712. The normalized spacial score (nSPS) is 14.1. The van der Waals surface area contributed by atoms with E-state index >= 15 is 0 Å². The number of carbonyl (C=O) groups excluding carboxylic acids is 1. The first-order chi connectivity index (χ1) is 10.1. The average Bonchev–Trinajstić information content (AvgIpc) is 3.00. The third-order valence-electron chi connectivity index (χ3n) is 2.98. The summed E-state index contributed by atoms with van der Waals surface area (Å²) in [7, 11) is 0. The number of aliphatic carboxylic acids is 1. The molecule has 1 aliphatic carbocycles. The number of nitrogens with zero attached hydrogens (tertiary/aromatic N) is 5. The van der Waals surface area contributed by atoms with E-state index in [-0.39, 0.29) is 18.9 Å². The predicted molar refractivity (Wildman–Crippen MR) is 67.2 cm³/mol. The van der Waals surface area contributed by atoms with Crippen LogP contribution in [0.2, 0.25) is 0 Å². The SMILES string of the molecule is O=C(O)Cn1cc(CNC(=O)c2n[nH]c(C3CC3)n2)nn1. The largest absolute Gasteiger partial charge is 0.480 e. The summed E-state index contributed by atoms with van der Waals surface area (Å²) in [6, 6.07) is 0. The van der Waals surface area contributed by atoms with E-state index in [0.29, 0.717) is 11.6 Å². The molecule has 0 radical (unpaired) electrons. The van der Waals surface area contributed by atoms with E-state index < -0.39 is 11.9 Å². The minimum absolute atomic E-state index is 0.0924. The number of aromatic amines is 1. The Balaban J connectivity index is 1.54. The van der Waals surface area contributed by atoms with Crippen molar-refractivity contribution in [3.8, 4) is 0 Å². The summed E-state index contributed by atoms with van der Waals surface area (Å²) in [5.74, 6) is -0.188. The zero-order valence-electron chi connectivity index (χ0n) is 11.0. The standard InChI is InChI=1S/C11H13N7O3/c19-8(20)5-18-4-7(14-17-18)3-12-11(21)10-13-9(15-16-10)6-1-2-6/h4,6H,1-3,5H2,(H,12,21)(H,19,20)(H,13,15,16). The third-order valence-corrected chi connectivity index (χ3v) is 2.98. The molecule has 1 amide bonds. The summed E-state index contributed by atoms with van der Waals surface area (Å²) in [5, 5.41) is 25.2. The van der Waals surface area contributed by atoms with Gasteiger partial charge in [-0.2, -0.15) is 0 Å². The van der Waals surface area contributed by atoms with E-state index in [0.717, 1.165) is 18.7 Å². The van der Waals surface area contributed by atoms with Gasteiger partial charge in [-0.15, -0.1) is 10.2 Å². The van der Waals surface area contributed by atoms with Gasteiger partial charge in [0.25, 0.3) is 5.91 Å². The minimum atomic E-state index is -1.01. The Morgan fingerprint density at radius 3 is 3.00 bits per heavy atom. The van der Waals surface area contributed by atoms with Gasteiger partial charge in [-0.3, -0.25) is 14.7 Å². The van der Waals surface area contributed by atoms with Crippen LogP contribution in [0, 0.1) is 0 Å². The van der Waals surface area contributed by atoms with Crippen LogP contribution in [-0.2, 0) is 17.9 Å². The lowest BCUT2D eigenvalue weighted by molar-refractivity contribution is -0.137. The van der Waals surface area contributed by atoms with Crippen LogP contribution in [0.5, 0.6) is 0 Å². The second-order valence-corrected chi connectivity index (χ2v) is 4.80. The van der Waals surface area contributed by atoms with Gasteiger partial charge >= 0.3 is 5.97 Å². The Morgan fingerprint density at radius 1 is 1.48 bits per heavy atom. The van der Waals surface area contributed by atoms with Gasteiger partial charge in [-0.05, 0) is 12.8 Å². The molecular formula is C11H13N7O3. The van der Waals surface area contributed by atoms with E-state index in [1.165, 1.54) is 10.9 Å². The molecule has 0 aliphatic heterocycles. The highest BCUT2D eigenvalue weighted by Gasteiger charge is 2.28. The van der Waals surface area contributed by atoms with Crippen LogP contribution in [0.4, 0.5) is 0 Å².